The van der Waals surface area contributed by atoms with Gasteiger partial charge in [-0.25, -0.2) is 0 Å². The highest BCUT2D eigenvalue weighted by Crippen LogP contribution is 2.36. The summed E-state index contributed by atoms with van der Waals surface area (Å²) >= 11 is 0. The van der Waals surface area contributed by atoms with Crippen LogP contribution in [0.5, 0.6) is 0 Å². The van der Waals surface area contributed by atoms with Crippen LogP contribution in [0.1, 0.15) is 43.1 Å². The van der Waals surface area contributed by atoms with Gasteiger partial charge in [-0.05, 0) is 42.5 Å². The Morgan fingerprint density at radius 2 is 1.96 bits per heavy atom. The van der Waals surface area contributed by atoms with Crippen LogP contribution < -0.4 is 0 Å². The van der Waals surface area contributed by atoms with E-state index in [4.69, 9.17) is 0 Å². The van der Waals surface area contributed by atoms with Crippen molar-refractivity contribution in [1.29, 1.82) is 0 Å². The molecule has 1 saturated heterocycles. The molecule has 124 valence electrons. The van der Waals surface area contributed by atoms with Crippen LogP contribution in [0.3, 0.4) is 0 Å². The second-order valence-corrected chi connectivity index (χ2v) is 7.17. The number of nitrogens with zero attached hydrogens (tertiary/aromatic N) is 2. The molecule has 0 spiro atoms. The first kappa shape index (κ1) is 16.4. The van der Waals surface area contributed by atoms with Gasteiger partial charge in [0.15, 0.2) is 0 Å². The van der Waals surface area contributed by atoms with Crippen molar-refractivity contribution < 1.29 is 4.79 Å². The predicted molar refractivity (Wildman–Crippen MR) is 98.7 cm³/mol. The summed E-state index contributed by atoms with van der Waals surface area (Å²) in [5, 5.41) is 0. The molecule has 3 heteroatoms. The molecule has 0 radical (unpaired) electrons. The average molecular weight is 320 g/mol. The van der Waals surface area contributed by atoms with E-state index in [1.807, 2.05) is 41.3 Å². The van der Waals surface area contributed by atoms with Gasteiger partial charge in [-0.3, -0.25) is 9.78 Å². The summed E-state index contributed by atoms with van der Waals surface area (Å²) in [4.78, 5) is 19.2. The number of rotatable bonds is 3. The monoisotopic (exact) mass is 320 g/mol. The summed E-state index contributed by atoms with van der Waals surface area (Å²) in [6.45, 7) is 11.2. The van der Waals surface area contributed by atoms with E-state index in [-0.39, 0.29) is 17.4 Å². The molecule has 0 N–H and O–H groups in total. The quantitative estimate of drug-likeness (QED) is 0.824. The van der Waals surface area contributed by atoms with E-state index in [0.29, 0.717) is 0 Å². The minimum Gasteiger partial charge on any atom is -0.335 e. The molecule has 2 aromatic rings. The van der Waals surface area contributed by atoms with Gasteiger partial charge in [0, 0.05) is 29.9 Å². The maximum absolute atomic E-state index is 12.8. The van der Waals surface area contributed by atoms with Crippen LogP contribution in [0.2, 0.25) is 0 Å². The van der Waals surface area contributed by atoms with Gasteiger partial charge in [0.2, 0.25) is 0 Å². The molecule has 1 aliphatic rings. The van der Waals surface area contributed by atoms with Gasteiger partial charge in [-0.2, -0.15) is 0 Å². The van der Waals surface area contributed by atoms with Crippen LogP contribution in [0.25, 0.3) is 17.3 Å². The summed E-state index contributed by atoms with van der Waals surface area (Å²) in [6.07, 6.45) is 4.63. The van der Waals surface area contributed by atoms with E-state index < -0.39 is 0 Å². The van der Waals surface area contributed by atoms with E-state index in [1.165, 1.54) is 0 Å². The predicted octanol–water partition coefficient (Wildman–Crippen LogP) is 4.65. The largest absolute Gasteiger partial charge is 0.335 e. The van der Waals surface area contributed by atoms with Crippen molar-refractivity contribution in [1.82, 2.24) is 9.88 Å². The fourth-order valence-electron chi connectivity index (χ4n) is 3.16. The zero-order valence-corrected chi connectivity index (χ0v) is 14.6. The SMILES string of the molecule is C=Cc1ccc(-c2ccc(C(=O)N3CCC(C)(C)C3C)cc2)nc1. The summed E-state index contributed by atoms with van der Waals surface area (Å²) < 4.78 is 0. The summed E-state index contributed by atoms with van der Waals surface area (Å²) in [6, 6.07) is 12.0. The van der Waals surface area contributed by atoms with Crippen molar-refractivity contribution >= 4 is 12.0 Å². The van der Waals surface area contributed by atoms with Crippen LogP contribution in [-0.2, 0) is 0 Å². The van der Waals surface area contributed by atoms with E-state index >= 15 is 0 Å². The first-order valence-corrected chi connectivity index (χ1v) is 8.42. The van der Waals surface area contributed by atoms with Crippen LogP contribution in [0.4, 0.5) is 0 Å². The van der Waals surface area contributed by atoms with Crippen LogP contribution in [-0.4, -0.2) is 28.4 Å². The standard InChI is InChI=1S/C21H24N2O/c1-5-16-6-11-19(22-14-16)17-7-9-18(10-8-17)20(24)23-13-12-21(3,4)15(23)2/h5-11,14-15H,1,12-13H2,2-4H3. The van der Waals surface area contributed by atoms with Crippen molar-refractivity contribution in [3.05, 3.63) is 60.3 Å². The molecule has 1 unspecified atom stereocenters. The van der Waals surface area contributed by atoms with Gasteiger partial charge < -0.3 is 4.90 Å². The van der Waals surface area contributed by atoms with Gasteiger partial charge in [0.1, 0.15) is 0 Å². The number of pyridine rings is 1. The maximum atomic E-state index is 12.8. The molecule has 3 rings (SSSR count). The Bertz CT molecular complexity index is 744. The van der Waals surface area contributed by atoms with Crippen molar-refractivity contribution in [3.8, 4) is 11.3 Å². The van der Waals surface area contributed by atoms with Gasteiger partial charge in [-0.15, -0.1) is 0 Å². The van der Waals surface area contributed by atoms with Crippen molar-refractivity contribution in [2.45, 2.75) is 33.2 Å². The lowest BCUT2D eigenvalue weighted by Gasteiger charge is -2.29. The van der Waals surface area contributed by atoms with E-state index in [9.17, 15) is 4.79 Å². The molecule has 24 heavy (non-hydrogen) atoms. The second-order valence-electron chi connectivity index (χ2n) is 7.17. The fraction of sp³-hybridized carbons (Fsp3) is 0.333. The Hall–Kier alpha value is -2.42. The van der Waals surface area contributed by atoms with Crippen LogP contribution in [0.15, 0.2) is 49.2 Å². The Morgan fingerprint density at radius 3 is 2.46 bits per heavy atom. The van der Waals surface area contributed by atoms with Gasteiger partial charge in [-0.1, -0.05) is 44.7 Å². The molecule has 1 fully saturated rings. The number of amides is 1. The topological polar surface area (TPSA) is 33.2 Å². The molecule has 1 amide bonds. The smallest absolute Gasteiger partial charge is 0.254 e. The Balaban J connectivity index is 1.79. The lowest BCUT2D eigenvalue weighted by Crippen LogP contribution is -2.38. The van der Waals surface area contributed by atoms with Gasteiger partial charge in [0.25, 0.3) is 5.91 Å². The number of benzene rings is 1. The normalized spacial score (nSPS) is 19.3. The second kappa shape index (κ2) is 6.23. The summed E-state index contributed by atoms with van der Waals surface area (Å²) in [7, 11) is 0. The van der Waals surface area contributed by atoms with Crippen molar-refractivity contribution in [2.75, 3.05) is 6.54 Å². The zero-order chi connectivity index (χ0) is 17.3. The third-order valence-corrected chi connectivity index (χ3v) is 5.31. The third kappa shape index (κ3) is 2.99. The van der Waals surface area contributed by atoms with Gasteiger partial charge >= 0.3 is 0 Å². The molecule has 1 aliphatic heterocycles. The van der Waals surface area contributed by atoms with Crippen LogP contribution >= 0.6 is 0 Å². The first-order valence-electron chi connectivity index (χ1n) is 8.42. The number of aromatic nitrogens is 1. The number of carbonyl (C=O) groups excluding carboxylic acids is 1. The average Bonchev–Trinajstić information content (AvgIpc) is 2.88. The molecular formula is C21H24N2O. The highest BCUT2D eigenvalue weighted by molar-refractivity contribution is 5.95. The van der Waals surface area contributed by atoms with Crippen molar-refractivity contribution in [2.24, 2.45) is 5.41 Å². The molecule has 0 aliphatic carbocycles. The Labute approximate surface area is 144 Å². The lowest BCUT2D eigenvalue weighted by molar-refractivity contribution is 0.0706. The number of hydrogen-bond donors (Lipinski definition) is 0. The first-order chi connectivity index (χ1) is 11.4. The van der Waals surface area contributed by atoms with Gasteiger partial charge in [0.05, 0.1) is 5.69 Å². The fourth-order valence-corrected chi connectivity index (χ4v) is 3.16. The molecule has 1 aromatic carbocycles. The minimum atomic E-state index is 0.120. The summed E-state index contributed by atoms with van der Waals surface area (Å²) in [5.74, 6) is 0.120. The lowest BCUT2D eigenvalue weighted by atomic mass is 9.86. The zero-order valence-electron chi connectivity index (χ0n) is 14.6. The molecule has 2 heterocycles. The molecule has 1 atom stereocenters. The molecule has 1 aromatic heterocycles. The van der Waals surface area contributed by atoms with Crippen LogP contribution in [0, 0.1) is 5.41 Å². The van der Waals surface area contributed by atoms with E-state index in [1.54, 1.807) is 12.3 Å². The number of hydrogen-bond acceptors (Lipinski definition) is 2. The molecule has 0 saturated carbocycles. The van der Waals surface area contributed by atoms with E-state index in [2.05, 4.69) is 32.3 Å². The molecule has 3 nitrogen and oxygen atoms in total. The highest BCUT2D eigenvalue weighted by atomic mass is 16.2. The Kier molecular flexibility index (Phi) is 4.27. The number of carbonyl (C=O) groups is 1. The minimum absolute atomic E-state index is 0.120. The highest BCUT2D eigenvalue weighted by Gasteiger charge is 2.39. The van der Waals surface area contributed by atoms with E-state index in [0.717, 1.165) is 35.3 Å². The molecule has 0 bridgehead atoms. The Morgan fingerprint density at radius 1 is 1.25 bits per heavy atom. The third-order valence-electron chi connectivity index (χ3n) is 5.31. The maximum Gasteiger partial charge on any atom is 0.254 e. The van der Waals surface area contributed by atoms with Crippen molar-refractivity contribution in [3.63, 3.8) is 0 Å². The number of likely N-dealkylation sites (tertiary alicyclic amines) is 1. The molecular weight excluding hydrogens is 296 g/mol. The summed E-state index contributed by atoms with van der Waals surface area (Å²) in [5.41, 5.74) is 3.83.